The molecule has 0 saturated heterocycles. The van der Waals surface area contributed by atoms with Crippen molar-refractivity contribution in [3.8, 4) is 0 Å². The molecule has 0 spiro atoms. The third-order valence-electron chi connectivity index (χ3n) is 5.05. The highest BCUT2D eigenvalue weighted by atomic mass is 35.5. The highest BCUT2D eigenvalue weighted by molar-refractivity contribution is 6.30. The smallest absolute Gasteiger partial charge is 0.308 e. The van der Waals surface area contributed by atoms with Crippen molar-refractivity contribution in [1.29, 1.82) is 0 Å². The SMILES string of the molecule is CON1C(=NCC(F)(F)c2ccccn2)NC=C(Cl)C1CCNCc1n[nH]c(C)c1C. The number of pyridine rings is 1. The van der Waals surface area contributed by atoms with Gasteiger partial charge in [-0.05, 0) is 44.5 Å². The fourth-order valence-corrected chi connectivity index (χ4v) is 3.38. The van der Waals surface area contributed by atoms with E-state index in [0.717, 1.165) is 17.0 Å². The van der Waals surface area contributed by atoms with Crippen molar-refractivity contribution in [3.63, 3.8) is 0 Å². The van der Waals surface area contributed by atoms with E-state index in [1.165, 1.54) is 30.5 Å². The number of nitrogens with one attached hydrogen (secondary N) is 3. The summed E-state index contributed by atoms with van der Waals surface area (Å²) in [7, 11) is 1.44. The maximum atomic E-state index is 14.4. The maximum absolute atomic E-state index is 14.4. The molecule has 0 radical (unpaired) electrons. The van der Waals surface area contributed by atoms with E-state index in [1.807, 2.05) is 13.8 Å². The largest absolute Gasteiger partial charge is 0.330 e. The van der Waals surface area contributed by atoms with Crippen LogP contribution >= 0.6 is 11.6 Å². The van der Waals surface area contributed by atoms with E-state index in [1.54, 1.807) is 12.3 Å². The van der Waals surface area contributed by atoms with Gasteiger partial charge in [-0.3, -0.25) is 14.9 Å². The fraction of sp³-hybridized carbons (Fsp3) is 0.450. The summed E-state index contributed by atoms with van der Waals surface area (Å²) in [5.74, 6) is -3.05. The normalized spacial score (nSPS) is 18.3. The maximum Gasteiger partial charge on any atom is 0.308 e. The van der Waals surface area contributed by atoms with Crippen molar-refractivity contribution < 1.29 is 13.6 Å². The number of alkyl halides is 2. The van der Waals surface area contributed by atoms with Crippen LogP contribution in [0.2, 0.25) is 0 Å². The summed E-state index contributed by atoms with van der Waals surface area (Å²) in [6.45, 7) is 4.42. The number of aryl methyl sites for hydroxylation is 1. The summed E-state index contributed by atoms with van der Waals surface area (Å²) in [4.78, 5) is 13.2. The van der Waals surface area contributed by atoms with E-state index in [-0.39, 0.29) is 17.7 Å². The zero-order chi connectivity index (χ0) is 22.4. The van der Waals surface area contributed by atoms with Gasteiger partial charge in [-0.25, -0.2) is 10.1 Å². The van der Waals surface area contributed by atoms with Crippen LogP contribution in [-0.2, 0) is 17.3 Å². The van der Waals surface area contributed by atoms with Gasteiger partial charge in [0.25, 0.3) is 0 Å². The van der Waals surface area contributed by atoms with E-state index < -0.39 is 12.5 Å². The lowest BCUT2D eigenvalue weighted by atomic mass is 10.1. The quantitative estimate of drug-likeness (QED) is 0.506. The minimum absolute atomic E-state index is 0.159. The van der Waals surface area contributed by atoms with Crippen LogP contribution in [0.3, 0.4) is 0 Å². The Hall–Kier alpha value is -2.56. The van der Waals surface area contributed by atoms with Gasteiger partial charge in [-0.1, -0.05) is 17.7 Å². The lowest BCUT2D eigenvalue weighted by Gasteiger charge is -2.35. The van der Waals surface area contributed by atoms with E-state index in [4.69, 9.17) is 16.4 Å². The second kappa shape index (κ2) is 10.2. The van der Waals surface area contributed by atoms with Gasteiger partial charge in [0.15, 0.2) is 0 Å². The third-order valence-corrected chi connectivity index (χ3v) is 5.41. The van der Waals surface area contributed by atoms with E-state index in [0.29, 0.717) is 24.5 Å². The van der Waals surface area contributed by atoms with Crippen molar-refractivity contribution >= 4 is 17.6 Å². The van der Waals surface area contributed by atoms with Crippen LogP contribution in [0.5, 0.6) is 0 Å². The van der Waals surface area contributed by atoms with Gasteiger partial charge in [0, 0.05) is 24.6 Å². The number of guanidine groups is 1. The first-order chi connectivity index (χ1) is 14.8. The lowest BCUT2D eigenvalue weighted by molar-refractivity contribution is -0.0930. The van der Waals surface area contributed by atoms with Gasteiger partial charge in [0.2, 0.25) is 5.96 Å². The first kappa shape index (κ1) is 23.1. The Labute approximate surface area is 184 Å². The monoisotopic (exact) mass is 453 g/mol. The van der Waals surface area contributed by atoms with E-state index >= 15 is 0 Å². The number of nitrogens with zero attached hydrogens (tertiary/aromatic N) is 4. The summed E-state index contributed by atoms with van der Waals surface area (Å²) < 4.78 is 28.9. The van der Waals surface area contributed by atoms with Crippen LogP contribution in [0.15, 0.2) is 40.6 Å². The number of aliphatic imine (C=N–C) groups is 1. The standard InChI is InChI=1S/C20H26ClF2N7O/c1-13-14(2)28-29-16(13)11-24-9-7-17-15(21)10-26-19(30(17)31-3)27-12-20(22,23)18-6-4-5-8-25-18/h4-6,8,10,17,24H,7,9,11-12H2,1-3H3,(H,26,27)(H,28,29). The average molecular weight is 454 g/mol. The van der Waals surface area contributed by atoms with Crippen LogP contribution in [0.25, 0.3) is 0 Å². The van der Waals surface area contributed by atoms with Crippen LogP contribution in [0, 0.1) is 13.8 Å². The number of aromatic amines is 1. The second-order valence-electron chi connectivity index (χ2n) is 7.14. The van der Waals surface area contributed by atoms with Crippen LogP contribution in [-0.4, -0.2) is 52.4 Å². The number of hydrogen-bond donors (Lipinski definition) is 3. The molecule has 3 rings (SSSR count). The predicted octanol–water partition coefficient (Wildman–Crippen LogP) is 2.96. The Morgan fingerprint density at radius 3 is 2.81 bits per heavy atom. The summed E-state index contributed by atoms with van der Waals surface area (Å²) in [5, 5.41) is 15.3. The minimum atomic E-state index is -3.21. The first-order valence-electron chi connectivity index (χ1n) is 9.84. The van der Waals surface area contributed by atoms with Crippen molar-refractivity contribution in [2.75, 3.05) is 20.2 Å². The van der Waals surface area contributed by atoms with Gasteiger partial charge in [0.1, 0.15) is 12.2 Å². The summed E-state index contributed by atoms with van der Waals surface area (Å²) in [6, 6.07) is 4.00. The van der Waals surface area contributed by atoms with Gasteiger partial charge in [-0.15, -0.1) is 0 Å². The summed E-state index contributed by atoms with van der Waals surface area (Å²) >= 11 is 6.35. The molecule has 0 fully saturated rings. The average Bonchev–Trinajstić information content (AvgIpc) is 3.09. The summed E-state index contributed by atoms with van der Waals surface area (Å²) in [6.07, 6.45) is 3.44. The molecular weight excluding hydrogens is 428 g/mol. The molecule has 8 nitrogen and oxygen atoms in total. The number of rotatable bonds is 9. The topological polar surface area (TPSA) is 90.5 Å². The zero-order valence-corrected chi connectivity index (χ0v) is 18.4. The molecule has 31 heavy (non-hydrogen) atoms. The molecule has 2 aromatic rings. The van der Waals surface area contributed by atoms with Crippen LogP contribution in [0.1, 0.15) is 29.1 Å². The molecule has 0 bridgehead atoms. The van der Waals surface area contributed by atoms with Gasteiger partial charge in [0.05, 0.1) is 23.9 Å². The number of hydrogen-bond acceptors (Lipinski definition) is 5. The molecular formula is C20H26ClF2N7O. The molecule has 1 aliphatic rings. The molecule has 0 saturated carbocycles. The van der Waals surface area contributed by atoms with Crippen molar-refractivity contribution in [3.05, 3.63) is 58.3 Å². The molecule has 0 amide bonds. The third kappa shape index (κ3) is 5.57. The van der Waals surface area contributed by atoms with Crippen LogP contribution in [0.4, 0.5) is 8.78 Å². The zero-order valence-electron chi connectivity index (χ0n) is 17.6. The number of H-pyrrole nitrogens is 1. The highest BCUT2D eigenvalue weighted by Gasteiger charge is 2.35. The second-order valence-corrected chi connectivity index (χ2v) is 7.58. The molecule has 1 aliphatic heterocycles. The molecule has 168 valence electrons. The molecule has 0 aromatic carbocycles. The van der Waals surface area contributed by atoms with Crippen LogP contribution < -0.4 is 10.6 Å². The Bertz CT molecular complexity index is 933. The predicted molar refractivity (Wildman–Crippen MR) is 115 cm³/mol. The number of aromatic nitrogens is 3. The van der Waals surface area contributed by atoms with Crippen molar-refractivity contribution in [2.24, 2.45) is 4.99 Å². The Balaban J connectivity index is 1.62. The van der Waals surface area contributed by atoms with Crippen molar-refractivity contribution in [2.45, 2.75) is 38.8 Å². The minimum Gasteiger partial charge on any atom is -0.330 e. The first-order valence-corrected chi connectivity index (χ1v) is 10.2. The fourth-order valence-electron chi connectivity index (χ4n) is 3.12. The molecule has 11 heteroatoms. The molecule has 3 N–H and O–H groups in total. The summed E-state index contributed by atoms with van der Waals surface area (Å²) in [5.41, 5.74) is 2.77. The number of hydroxylamine groups is 2. The van der Waals surface area contributed by atoms with Gasteiger partial charge in [-0.2, -0.15) is 13.9 Å². The van der Waals surface area contributed by atoms with Crippen molar-refractivity contribution in [1.82, 2.24) is 30.9 Å². The van der Waals surface area contributed by atoms with E-state index in [2.05, 4.69) is 30.8 Å². The Morgan fingerprint density at radius 1 is 1.35 bits per heavy atom. The molecule has 1 unspecified atom stereocenters. The van der Waals surface area contributed by atoms with E-state index in [9.17, 15) is 8.78 Å². The Kier molecular flexibility index (Phi) is 7.58. The number of halogens is 3. The highest BCUT2D eigenvalue weighted by Crippen LogP contribution is 2.27. The Morgan fingerprint density at radius 2 is 2.16 bits per heavy atom. The molecule has 0 aliphatic carbocycles. The lowest BCUT2D eigenvalue weighted by Crippen LogP contribution is -2.50. The van der Waals surface area contributed by atoms with Gasteiger partial charge < -0.3 is 10.6 Å². The van der Waals surface area contributed by atoms with Gasteiger partial charge >= 0.3 is 5.92 Å². The molecule has 1 atom stereocenters. The molecule has 3 heterocycles. The molecule has 2 aromatic heterocycles.